The van der Waals surface area contributed by atoms with Gasteiger partial charge in [-0.3, -0.25) is 0 Å². The number of halogens is 1. The Balaban J connectivity index is 2.05. The van der Waals surface area contributed by atoms with Crippen molar-refractivity contribution in [1.82, 2.24) is 0 Å². The lowest BCUT2D eigenvalue weighted by atomic mass is 9.78. The first-order chi connectivity index (χ1) is 11.6. The maximum atomic E-state index is 6.15. The highest BCUT2D eigenvalue weighted by molar-refractivity contribution is 9.11. The largest absolute Gasteiger partial charge is 0.487 e. The quantitative estimate of drug-likeness (QED) is 0.448. The first-order valence-electron chi connectivity index (χ1n) is 8.27. The third-order valence-corrected chi connectivity index (χ3v) is 5.81. The Morgan fingerprint density at radius 1 is 0.958 bits per heavy atom. The van der Waals surface area contributed by atoms with E-state index in [1.165, 1.54) is 38.6 Å². The second-order valence-electron chi connectivity index (χ2n) is 7.09. The second kappa shape index (κ2) is 4.73. The van der Waals surface area contributed by atoms with Crippen molar-refractivity contribution in [3.63, 3.8) is 0 Å². The fourth-order valence-corrected chi connectivity index (χ4v) is 4.71. The van der Waals surface area contributed by atoms with Crippen LogP contribution in [0, 0.1) is 0 Å². The highest BCUT2D eigenvalue weighted by atomic mass is 79.9. The third kappa shape index (κ3) is 1.70. The topological polar surface area (TPSA) is 9.23 Å². The average molecular weight is 377 g/mol. The minimum atomic E-state index is -0.0372. The summed E-state index contributed by atoms with van der Waals surface area (Å²) in [7, 11) is 0. The van der Waals surface area contributed by atoms with Crippen molar-refractivity contribution in [2.24, 2.45) is 0 Å². The first-order valence-corrected chi connectivity index (χ1v) is 9.06. The van der Waals surface area contributed by atoms with Crippen LogP contribution in [-0.4, -0.2) is 6.61 Å². The zero-order valence-corrected chi connectivity index (χ0v) is 15.3. The van der Waals surface area contributed by atoms with Crippen LogP contribution >= 0.6 is 15.9 Å². The Morgan fingerprint density at radius 2 is 1.67 bits per heavy atom. The van der Waals surface area contributed by atoms with E-state index in [-0.39, 0.29) is 5.41 Å². The molecule has 1 aliphatic carbocycles. The van der Waals surface area contributed by atoms with Gasteiger partial charge in [0.2, 0.25) is 0 Å². The fourth-order valence-electron chi connectivity index (χ4n) is 4.37. The van der Waals surface area contributed by atoms with Crippen LogP contribution < -0.4 is 4.74 Å². The summed E-state index contributed by atoms with van der Waals surface area (Å²) in [5, 5.41) is 2.49. The molecule has 0 saturated heterocycles. The molecule has 0 spiro atoms. The van der Waals surface area contributed by atoms with Crippen molar-refractivity contribution in [3.8, 4) is 16.9 Å². The van der Waals surface area contributed by atoms with Crippen LogP contribution in [0.3, 0.4) is 0 Å². The van der Waals surface area contributed by atoms with Gasteiger partial charge in [0.05, 0.1) is 0 Å². The van der Waals surface area contributed by atoms with E-state index in [2.05, 4.69) is 84.4 Å². The van der Waals surface area contributed by atoms with E-state index in [1.807, 2.05) is 0 Å². The zero-order valence-electron chi connectivity index (χ0n) is 13.7. The fraction of sp³-hybridized carbons (Fsp3) is 0.182. The molecule has 24 heavy (non-hydrogen) atoms. The molecule has 0 aromatic heterocycles. The summed E-state index contributed by atoms with van der Waals surface area (Å²) >= 11 is 3.64. The second-order valence-corrected chi connectivity index (χ2v) is 8.11. The Hall–Kier alpha value is -2.06. The number of fused-ring (bicyclic) bond motifs is 8. The van der Waals surface area contributed by atoms with Gasteiger partial charge in [-0.2, -0.15) is 0 Å². The van der Waals surface area contributed by atoms with E-state index in [0.717, 1.165) is 10.2 Å². The molecule has 0 radical (unpaired) electrons. The van der Waals surface area contributed by atoms with E-state index in [9.17, 15) is 0 Å². The number of hydrogen-bond acceptors (Lipinski definition) is 1. The van der Waals surface area contributed by atoms with E-state index in [4.69, 9.17) is 4.74 Å². The molecule has 5 rings (SSSR count). The lowest BCUT2D eigenvalue weighted by Crippen LogP contribution is -2.18. The summed E-state index contributed by atoms with van der Waals surface area (Å²) in [6.45, 7) is 5.25. The molecular formula is C22H17BrO. The molecule has 0 fully saturated rings. The molecule has 1 aliphatic heterocycles. The monoisotopic (exact) mass is 376 g/mol. The lowest BCUT2D eigenvalue weighted by Gasteiger charge is -2.28. The lowest BCUT2D eigenvalue weighted by molar-refractivity contribution is 0.359. The van der Waals surface area contributed by atoms with Gasteiger partial charge in [-0.1, -0.05) is 78.3 Å². The van der Waals surface area contributed by atoms with E-state index < -0.39 is 0 Å². The van der Waals surface area contributed by atoms with Gasteiger partial charge in [0, 0.05) is 20.8 Å². The number of rotatable bonds is 0. The highest BCUT2D eigenvalue weighted by Gasteiger charge is 2.40. The SMILES string of the molecule is CC1(C)c2ccccc2-c2c1c1c(c3ccccc23)OCC(Br)=C1. The van der Waals surface area contributed by atoms with Crippen LogP contribution in [0.15, 0.2) is 53.0 Å². The van der Waals surface area contributed by atoms with Gasteiger partial charge in [-0.15, -0.1) is 0 Å². The molecule has 0 atom stereocenters. The average Bonchev–Trinajstić information content (AvgIpc) is 2.84. The zero-order chi connectivity index (χ0) is 16.5. The summed E-state index contributed by atoms with van der Waals surface area (Å²) in [5.74, 6) is 1.02. The van der Waals surface area contributed by atoms with Gasteiger partial charge < -0.3 is 4.74 Å². The molecule has 3 aromatic carbocycles. The predicted molar refractivity (Wildman–Crippen MR) is 104 cm³/mol. The van der Waals surface area contributed by atoms with E-state index in [1.54, 1.807) is 0 Å². The van der Waals surface area contributed by atoms with Crippen LogP contribution in [-0.2, 0) is 5.41 Å². The Kier molecular flexibility index (Phi) is 2.82. The Labute approximate surface area is 150 Å². The van der Waals surface area contributed by atoms with Crippen molar-refractivity contribution in [3.05, 3.63) is 69.7 Å². The molecule has 1 heterocycles. The number of benzene rings is 3. The molecule has 2 heteroatoms. The summed E-state index contributed by atoms with van der Waals surface area (Å²) < 4.78 is 7.25. The van der Waals surface area contributed by atoms with Crippen molar-refractivity contribution in [2.45, 2.75) is 19.3 Å². The molecule has 1 nitrogen and oxygen atoms in total. The molecule has 0 amide bonds. The van der Waals surface area contributed by atoms with Gasteiger partial charge in [0.25, 0.3) is 0 Å². The smallest absolute Gasteiger partial charge is 0.135 e. The molecule has 0 bridgehead atoms. The van der Waals surface area contributed by atoms with Gasteiger partial charge in [-0.05, 0) is 33.7 Å². The van der Waals surface area contributed by atoms with Gasteiger partial charge in [-0.25, -0.2) is 0 Å². The van der Waals surface area contributed by atoms with Gasteiger partial charge in [0.1, 0.15) is 12.4 Å². The van der Waals surface area contributed by atoms with Crippen LogP contribution in [0.1, 0.15) is 30.5 Å². The standard InChI is InChI=1S/C22H17BrO/c1-22(2)18-10-6-5-9-16(18)19-14-7-3-4-8-15(14)21-17(20(19)22)11-13(23)12-24-21/h3-11H,12H2,1-2H3. The molecule has 0 saturated carbocycles. The predicted octanol–water partition coefficient (Wildman–Crippen LogP) is 6.27. The normalized spacial score (nSPS) is 16.9. The maximum Gasteiger partial charge on any atom is 0.135 e. The Morgan fingerprint density at radius 3 is 2.50 bits per heavy atom. The molecule has 0 N–H and O–H groups in total. The third-order valence-electron chi connectivity index (χ3n) is 5.36. The summed E-state index contributed by atoms with van der Waals surface area (Å²) in [6, 6.07) is 17.4. The summed E-state index contributed by atoms with van der Waals surface area (Å²) in [6.07, 6.45) is 2.25. The van der Waals surface area contributed by atoms with Crippen molar-refractivity contribution in [2.75, 3.05) is 6.61 Å². The minimum Gasteiger partial charge on any atom is -0.487 e. The minimum absolute atomic E-state index is 0.0372. The summed E-state index contributed by atoms with van der Waals surface area (Å²) in [4.78, 5) is 0. The van der Waals surface area contributed by atoms with Crippen LogP contribution in [0.2, 0.25) is 0 Å². The van der Waals surface area contributed by atoms with Crippen molar-refractivity contribution in [1.29, 1.82) is 0 Å². The van der Waals surface area contributed by atoms with E-state index in [0.29, 0.717) is 6.61 Å². The molecular weight excluding hydrogens is 360 g/mol. The maximum absolute atomic E-state index is 6.15. The van der Waals surface area contributed by atoms with Crippen LogP contribution in [0.5, 0.6) is 5.75 Å². The Bertz CT molecular complexity index is 1040. The van der Waals surface area contributed by atoms with Crippen LogP contribution in [0.4, 0.5) is 0 Å². The molecule has 0 unspecified atom stereocenters. The van der Waals surface area contributed by atoms with Gasteiger partial charge >= 0.3 is 0 Å². The van der Waals surface area contributed by atoms with Gasteiger partial charge in [0.15, 0.2) is 0 Å². The molecule has 3 aromatic rings. The summed E-state index contributed by atoms with van der Waals surface area (Å²) in [5.41, 5.74) is 6.69. The van der Waals surface area contributed by atoms with Crippen LogP contribution in [0.25, 0.3) is 28.0 Å². The highest BCUT2D eigenvalue weighted by Crippen LogP contribution is 2.56. The van der Waals surface area contributed by atoms with E-state index >= 15 is 0 Å². The molecule has 118 valence electrons. The number of ether oxygens (including phenoxy) is 1. The molecule has 2 aliphatic rings. The number of hydrogen-bond donors (Lipinski definition) is 0. The van der Waals surface area contributed by atoms with Crippen molar-refractivity contribution >= 4 is 32.8 Å². The van der Waals surface area contributed by atoms with Crippen molar-refractivity contribution < 1.29 is 4.74 Å². The first kappa shape index (κ1) is 14.3.